The van der Waals surface area contributed by atoms with Gasteiger partial charge < -0.3 is 5.32 Å². The highest BCUT2D eigenvalue weighted by Gasteiger charge is 2.63. The molecule has 0 heterocycles. The number of hydrogen-bond donors (Lipinski definition) is 1. The minimum absolute atomic E-state index is 0.412. The Morgan fingerprint density at radius 3 is 2.05 bits per heavy atom. The average molecular weight is 346 g/mol. The van der Waals surface area contributed by atoms with E-state index in [1.807, 2.05) is 0 Å². The Hall–Kier alpha value is -1.18. The van der Waals surface area contributed by atoms with Crippen LogP contribution in [0.2, 0.25) is 0 Å². The summed E-state index contributed by atoms with van der Waals surface area (Å²) < 4.78 is 62.1. The maximum atomic E-state index is 12.7. The van der Waals surface area contributed by atoms with Crippen molar-refractivity contribution < 1.29 is 26.7 Å². The molecule has 0 aliphatic carbocycles. The van der Waals surface area contributed by atoms with Crippen molar-refractivity contribution >= 4 is 21.8 Å². The first-order valence-electron chi connectivity index (χ1n) is 5.06. The first kappa shape index (κ1) is 15.9. The van der Waals surface area contributed by atoms with Gasteiger partial charge in [-0.15, -0.1) is 0 Å². The SMILES string of the molecule is C[C@@H](NC(=O)C(F)(F)C(F)(F)F)c1ccc(Br)cc1. The van der Waals surface area contributed by atoms with Gasteiger partial charge in [-0.05, 0) is 24.6 Å². The van der Waals surface area contributed by atoms with Crippen molar-refractivity contribution in [3.63, 3.8) is 0 Å². The predicted molar refractivity (Wildman–Crippen MR) is 61.7 cm³/mol. The van der Waals surface area contributed by atoms with E-state index in [1.165, 1.54) is 19.1 Å². The van der Waals surface area contributed by atoms with Gasteiger partial charge in [-0.25, -0.2) is 0 Å². The second-order valence-corrected chi connectivity index (χ2v) is 4.73. The summed E-state index contributed by atoms with van der Waals surface area (Å²) in [5.41, 5.74) is 0.412. The van der Waals surface area contributed by atoms with Crippen LogP contribution in [0.15, 0.2) is 28.7 Å². The Labute approximate surface area is 114 Å². The Kier molecular flexibility index (Phi) is 4.54. The topological polar surface area (TPSA) is 29.1 Å². The zero-order valence-electron chi connectivity index (χ0n) is 9.56. The molecular formula is C11H9BrF5NO. The maximum absolute atomic E-state index is 12.7. The van der Waals surface area contributed by atoms with Gasteiger partial charge in [-0.1, -0.05) is 28.1 Å². The van der Waals surface area contributed by atoms with Gasteiger partial charge in [0.25, 0.3) is 0 Å². The molecule has 0 aliphatic rings. The minimum atomic E-state index is -5.91. The summed E-state index contributed by atoms with van der Waals surface area (Å²) >= 11 is 3.15. The molecule has 1 atom stereocenters. The maximum Gasteiger partial charge on any atom is 0.463 e. The summed E-state index contributed by atoms with van der Waals surface area (Å²) in [6.45, 7) is 1.31. The van der Waals surface area contributed by atoms with Crippen LogP contribution in [0.3, 0.4) is 0 Å². The largest absolute Gasteiger partial charge is 0.463 e. The van der Waals surface area contributed by atoms with Gasteiger partial charge in [0.15, 0.2) is 0 Å². The molecule has 0 bridgehead atoms. The van der Waals surface area contributed by atoms with Gasteiger partial charge in [0.1, 0.15) is 0 Å². The van der Waals surface area contributed by atoms with Crippen LogP contribution >= 0.6 is 15.9 Å². The lowest BCUT2D eigenvalue weighted by Crippen LogP contribution is -2.50. The first-order chi connectivity index (χ1) is 8.55. The molecule has 2 nitrogen and oxygen atoms in total. The van der Waals surface area contributed by atoms with Crippen molar-refractivity contribution in [2.75, 3.05) is 0 Å². The van der Waals surface area contributed by atoms with Crippen LogP contribution < -0.4 is 5.32 Å². The summed E-state index contributed by atoms with van der Waals surface area (Å²) in [6.07, 6.45) is -5.91. The van der Waals surface area contributed by atoms with Crippen LogP contribution in [0.1, 0.15) is 18.5 Å². The van der Waals surface area contributed by atoms with Crippen LogP contribution in [0.25, 0.3) is 0 Å². The molecule has 0 unspecified atom stereocenters. The molecule has 106 valence electrons. The highest BCUT2D eigenvalue weighted by atomic mass is 79.9. The molecule has 1 aromatic rings. The van der Waals surface area contributed by atoms with Crippen LogP contribution in [0.4, 0.5) is 22.0 Å². The fraction of sp³-hybridized carbons (Fsp3) is 0.364. The third-order valence-electron chi connectivity index (χ3n) is 2.36. The van der Waals surface area contributed by atoms with E-state index in [1.54, 1.807) is 17.4 Å². The standard InChI is InChI=1S/C11H9BrF5NO/c1-6(7-2-4-8(12)5-3-7)18-9(19)10(13,14)11(15,16)17/h2-6H,1H3,(H,18,19)/t6-/m1/s1. The summed E-state index contributed by atoms with van der Waals surface area (Å²) in [5, 5.41) is 1.64. The lowest BCUT2D eigenvalue weighted by Gasteiger charge is -2.21. The quantitative estimate of drug-likeness (QED) is 0.829. The first-order valence-corrected chi connectivity index (χ1v) is 5.86. The second-order valence-electron chi connectivity index (χ2n) is 3.82. The number of hydrogen-bond acceptors (Lipinski definition) is 1. The number of carbonyl (C=O) groups excluding carboxylic acids is 1. The van der Waals surface area contributed by atoms with Crippen molar-refractivity contribution in [2.24, 2.45) is 0 Å². The fourth-order valence-electron chi connectivity index (χ4n) is 1.25. The minimum Gasteiger partial charge on any atom is -0.344 e. The van der Waals surface area contributed by atoms with Crippen LogP contribution in [0.5, 0.6) is 0 Å². The van der Waals surface area contributed by atoms with Crippen molar-refractivity contribution in [1.82, 2.24) is 5.32 Å². The molecule has 1 amide bonds. The molecule has 1 N–H and O–H groups in total. The van der Waals surface area contributed by atoms with E-state index in [4.69, 9.17) is 0 Å². The van der Waals surface area contributed by atoms with Crippen molar-refractivity contribution in [3.8, 4) is 0 Å². The summed E-state index contributed by atoms with van der Waals surface area (Å²) in [4.78, 5) is 11.0. The molecule has 0 saturated heterocycles. The van der Waals surface area contributed by atoms with Gasteiger partial charge in [-0.2, -0.15) is 22.0 Å². The van der Waals surface area contributed by atoms with E-state index in [0.29, 0.717) is 5.56 Å². The zero-order valence-corrected chi connectivity index (χ0v) is 11.1. The average Bonchev–Trinajstić information content (AvgIpc) is 2.28. The lowest BCUT2D eigenvalue weighted by atomic mass is 10.1. The summed E-state index contributed by atoms with van der Waals surface area (Å²) in [7, 11) is 0. The molecule has 8 heteroatoms. The number of nitrogens with one attached hydrogen (secondary N) is 1. The van der Waals surface area contributed by atoms with E-state index >= 15 is 0 Å². The Balaban J connectivity index is 2.80. The van der Waals surface area contributed by atoms with Gasteiger partial charge >= 0.3 is 18.0 Å². The molecule has 19 heavy (non-hydrogen) atoms. The molecule has 0 saturated carbocycles. The molecule has 0 radical (unpaired) electrons. The van der Waals surface area contributed by atoms with E-state index in [2.05, 4.69) is 15.9 Å². The van der Waals surface area contributed by atoms with Crippen LogP contribution in [-0.4, -0.2) is 18.0 Å². The number of alkyl halides is 5. The lowest BCUT2D eigenvalue weighted by molar-refractivity contribution is -0.270. The summed E-state index contributed by atoms with van der Waals surface area (Å²) in [5.74, 6) is -7.77. The van der Waals surface area contributed by atoms with Crippen molar-refractivity contribution in [1.29, 1.82) is 0 Å². The van der Waals surface area contributed by atoms with Gasteiger partial charge in [0, 0.05) is 4.47 Å². The highest BCUT2D eigenvalue weighted by molar-refractivity contribution is 9.10. The molecule has 1 aromatic carbocycles. The molecule has 1 rings (SSSR count). The number of benzene rings is 1. The number of halogens is 6. The Morgan fingerprint density at radius 1 is 1.16 bits per heavy atom. The van der Waals surface area contributed by atoms with Crippen molar-refractivity contribution in [2.45, 2.75) is 25.1 Å². The predicted octanol–water partition coefficient (Wildman–Crippen LogP) is 3.82. The van der Waals surface area contributed by atoms with Crippen LogP contribution in [0, 0.1) is 0 Å². The van der Waals surface area contributed by atoms with E-state index in [0.717, 1.165) is 4.47 Å². The monoisotopic (exact) mass is 345 g/mol. The third-order valence-corrected chi connectivity index (χ3v) is 2.89. The van der Waals surface area contributed by atoms with Gasteiger partial charge in [0.2, 0.25) is 0 Å². The zero-order chi connectivity index (χ0) is 14.8. The summed E-state index contributed by atoms with van der Waals surface area (Å²) in [6, 6.07) is 5.20. The number of amides is 1. The van der Waals surface area contributed by atoms with E-state index in [-0.39, 0.29) is 0 Å². The fourth-order valence-corrected chi connectivity index (χ4v) is 1.52. The van der Waals surface area contributed by atoms with Crippen LogP contribution in [-0.2, 0) is 4.79 Å². The number of carbonyl (C=O) groups is 1. The Bertz CT molecular complexity index is 457. The normalized spacial score (nSPS) is 14.1. The molecule has 0 fully saturated rings. The molecule has 0 spiro atoms. The second kappa shape index (κ2) is 5.44. The molecule has 0 aromatic heterocycles. The van der Waals surface area contributed by atoms with Gasteiger partial charge in [0.05, 0.1) is 6.04 Å². The smallest absolute Gasteiger partial charge is 0.344 e. The Morgan fingerprint density at radius 2 is 1.63 bits per heavy atom. The van der Waals surface area contributed by atoms with E-state index < -0.39 is 24.0 Å². The van der Waals surface area contributed by atoms with Crippen molar-refractivity contribution in [3.05, 3.63) is 34.3 Å². The third kappa shape index (κ3) is 3.65. The number of rotatable bonds is 3. The molecular weight excluding hydrogens is 337 g/mol. The molecule has 0 aliphatic heterocycles. The van der Waals surface area contributed by atoms with E-state index in [9.17, 15) is 26.7 Å². The highest BCUT2D eigenvalue weighted by Crippen LogP contribution is 2.36. The van der Waals surface area contributed by atoms with Gasteiger partial charge in [-0.3, -0.25) is 4.79 Å².